The van der Waals surface area contributed by atoms with Crippen molar-refractivity contribution in [3.05, 3.63) is 75.5 Å². The number of hydrogen-bond acceptors (Lipinski definition) is 3. The maximum Gasteiger partial charge on any atom is 0.188 e. The van der Waals surface area contributed by atoms with Gasteiger partial charge in [-0.05, 0) is 48.7 Å². The lowest BCUT2D eigenvalue weighted by Gasteiger charge is -2.08. The van der Waals surface area contributed by atoms with E-state index in [2.05, 4.69) is 21.2 Å². The van der Waals surface area contributed by atoms with E-state index in [1.165, 1.54) is 30.0 Å². The summed E-state index contributed by atoms with van der Waals surface area (Å²) in [5.74, 6) is -0.421. The molecule has 21 heavy (non-hydrogen) atoms. The Labute approximate surface area is 135 Å². The Morgan fingerprint density at radius 2 is 1.95 bits per heavy atom. The Hall–Kier alpha value is -1.59. The summed E-state index contributed by atoms with van der Waals surface area (Å²) in [6, 6.07) is 13.3. The van der Waals surface area contributed by atoms with Crippen LogP contribution < -0.4 is 5.32 Å². The van der Waals surface area contributed by atoms with Gasteiger partial charge >= 0.3 is 0 Å². The highest BCUT2D eigenvalue weighted by atomic mass is 79.9. The molecular formula is C16H13BrFNOS. The molecule has 2 aromatic rings. The van der Waals surface area contributed by atoms with Crippen LogP contribution in [-0.2, 0) is 0 Å². The Kier molecular flexibility index (Phi) is 5.59. The minimum atomic E-state index is -0.320. The Morgan fingerprint density at radius 3 is 2.57 bits per heavy atom. The van der Waals surface area contributed by atoms with Crippen LogP contribution >= 0.6 is 27.7 Å². The van der Waals surface area contributed by atoms with Gasteiger partial charge in [-0.25, -0.2) is 4.39 Å². The van der Waals surface area contributed by atoms with Gasteiger partial charge < -0.3 is 5.32 Å². The van der Waals surface area contributed by atoms with Crippen LogP contribution in [0.2, 0.25) is 0 Å². The lowest BCUT2D eigenvalue weighted by Crippen LogP contribution is -2.01. The first-order valence-corrected chi connectivity index (χ1v) is 8.18. The van der Waals surface area contributed by atoms with Crippen molar-refractivity contribution in [3.8, 4) is 0 Å². The molecule has 0 aliphatic rings. The second-order valence-corrected chi connectivity index (χ2v) is 5.98. The van der Waals surface area contributed by atoms with Crippen molar-refractivity contribution >= 4 is 39.2 Å². The van der Waals surface area contributed by atoms with Crippen LogP contribution in [0, 0.1) is 5.82 Å². The van der Waals surface area contributed by atoms with Crippen molar-refractivity contribution in [2.45, 2.75) is 0 Å². The minimum Gasteiger partial charge on any atom is -0.350 e. The number of carbonyl (C=O) groups is 1. The highest BCUT2D eigenvalue weighted by Crippen LogP contribution is 2.19. The average molecular weight is 366 g/mol. The summed E-state index contributed by atoms with van der Waals surface area (Å²) in [7, 11) is 0. The zero-order valence-electron chi connectivity index (χ0n) is 11.3. The summed E-state index contributed by atoms with van der Waals surface area (Å²) in [5.41, 5.74) is 1.21. The van der Waals surface area contributed by atoms with Gasteiger partial charge in [-0.1, -0.05) is 22.0 Å². The van der Waals surface area contributed by atoms with Crippen LogP contribution in [0.5, 0.6) is 0 Å². The molecule has 0 amide bonds. The van der Waals surface area contributed by atoms with E-state index < -0.39 is 0 Å². The van der Waals surface area contributed by atoms with E-state index in [1.807, 2.05) is 18.4 Å². The third kappa shape index (κ3) is 4.72. The van der Waals surface area contributed by atoms with Crippen molar-refractivity contribution in [1.82, 2.24) is 0 Å². The van der Waals surface area contributed by atoms with Gasteiger partial charge in [0.15, 0.2) is 5.78 Å². The molecule has 0 spiro atoms. The summed E-state index contributed by atoms with van der Waals surface area (Å²) in [5, 5.41) is 3.70. The summed E-state index contributed by atoms with van der Waals surface area (Å²) >= 11 is 4.73. The number of halogens is 2. The Balaban J connectivity index is 2.16. The fraction of sp³-hybridized carbons (Fsp3) is 0.0625. The van der Waals surface area contributed by atoms with Crippen LogP contribution in [0.15, 0.2) is 64.1 Å². The van der Waals surface area contributed by atoms with E-state index in [0.29, 0.717) is 16.3 Å². The molecule has 1 N–H and O–H groups in total. The first-order valence-electron chi connectivity index (χ1n) is 6.16. The fourth-order valence-electron chi connectivity index (χ4n) is 1.67. The number of anilines is 1. The number of hydrogen-bond donors (Lipinski definition) is 1. The molecule has 0 bridgehead atoms. The summed E-state index contributed by atoms with van der Waals surface area (Å²) in [6.45, 7) is 0. The zero-order chi connectivity index (χ0) is 15.2. The van der Waals surface area contributed by atoms with Crippen LogP contribution in [0.25, 0.3) is 0 Å². The van der Waals surface area contributed by atoms with Crippen LogP contribution in [-0.4, -0.2) is 12.0 Å². The third-order valence-electron chi connectivity index (χ3n) is 2.70. The molecule has 0 saturated heterocycles. The number of thioether (sulfide) groups is 1. The van der Waals surface area contributed by atoms with Gasteiger partial charge in [0.1, 0.15) is 5.82 Å². The Morgan fingerprint density at radius 1 is 1.24 bits per heavy atom. The first kappa shape index (κ1) is 15.8. The molecule has 0 fully saturated rings. The average Bonchev–Trinajstić information content (AvgIpc) is 2.47. The summed E-state index contributed by atoms with van der Waals surface area (Å²) in [4.78, 5) is 12.2. The van der Waals surface area contributed by atoms with Crippen LogP contribution in [0.4, 0.5) is 10.1 Å². The van der Waals surface area contributed by atoms with Gasteiger partial charge in [-0.15, -0.1) is 11.8 Å². The van der Waals surface area contributed by atoms with Gasteiger partial charge in [-0.2, -0.15) is 0 Å². The lowest BCUT2D eigenvalue weighted by atomic mass is 10.1. The number of rotatable bonds is 5. The molecule has 0 aliphatic carbocycles. The standard InChI is InChI=1S/C16H13BrFNOS/c1-21-16(19-14-4-2-3-13(18)9-14)10-15(20)11-5-7-12(17)8-6-11/h2-10,19H,1H3/b16-10+. The monoisotopic (exact) mass is 365 g/mol. The fourth-order valence-corrected chi connectivity index (χ4v) is 2.38. The van der Waals surface area contributed by atoms with E-state index >= 15 is 0 Å². The minimum absolute atomic E-state index is 0.101. The number of benzene rings is 2. The van der Waals surface area contributed by atoms with Crippen molar-refractivity contribution in [2.75, 3.05) is 11.6 Å². The predicted molar refractivity (Wildman–Crippen MR) is 90.1 cm³/mol. The van der Waals surface area contributed by atoms with Gasteiger partial charge in [0.05, 0.1) is 5.03 Å². The summed E-state index contributed by atoms with van der Waals surface area (Å²) < 4.78 is 14.1. The van der Waals surface area contributed by atoms with Crippen molar-refractivity contribution in [1.29, 1.82) is 0 Å². The molecule has 2 rings (SSSR count). The lowest BCUT2D eigenvalue weighted by molar-refractivity contribution is 0.104. The largest absolute Gasteiger partial charge is 0.350 e. The number of ketones is 1. The molecule has 0 aromatic heterocycles. The Bertz CT molecular complexity index is 670. The van der Waals surface area contributed by atoms with E-state index in [-0.39, 0.29) is 11.6 Å². The van der Waals surface area contributed by atoms with Gasteiger partial charge in [0.2, 0.25) is 0 Å². The molecule has 0 heterocycles. The maximum atomic E-state index is 13.1. The smallest absolute Gasteiger partial charge is 0.188 e. The first-order chi connectivity index (χ1) is 10.1. The van der Waals surface area contributed by atoms with Gasteiger partial charge in [0, 0.05) is 21.8 Å². The topological polar surface area (TPSA) is 29.1 Å². The van der Waals surface area contributed by atoms with Crippen molar-refractivity contribution in [2.24, 2.45) is 0 Å². The van der Waals surface area contributed by atoms with Crippen LogP contribution in [0.1, 0.15) is 10.4 Å². The quantitative estimate of drug-likeness (QED) is 0.591. The molecule has 2 nitrogen and oxygen atoms in total. The number of carbonyl (C=O) groups excluding carboxylic acids is 1. The zero-order valence-corrected chi connectivity index (χ0v) is 13.7. The highest BCUT2D eigenvalue weighted by Gasteiger charge is 2.05. The van der Waals surface area contributed by atoms with E-state index in [1.54, 1.807) is 24.3 Å². The summed E-state index contributed by atoms with van der Waals surface area (Å²) in [6.07, 6.45) is 3.37. The predicted octanol–water partition coefficient (Wildman–Crippen LogP) is 5.09. The molecule has 0 radical (unpaired) electrons. The third-order valence-corrected chi connectivity index (χ3v) is 3.89. The second kappa shape index (κ2) is 7.43. The molecular weight excluding hydrogens is 353 g/mol. The van der Waals surface area contributed by atoms with Crippen molar-refractivity contribution in [3.63, 3.8) is 0 Å². The van der Waals surface area contributed by atoms with Gasteiger partial charge in [-0.3, -0.25) is 4.79 Å². The molecule has 2 aromatic carbocycles. The second-order valence-electron chi connectivity index (χ2n) is 4.22. The van der Waals surface area contributed by atoms with Gasteiger partial charge in [0.25, 0.3) is 0 Å². The molecule has 0 atom stereocenters. The number of nitrogens with one attached hydrogen (secondary N) is 1. The molecule has 5 heteroatoms. The molecule has 0 unspecified atom stereocenters. The highest BCUT2D eigenvalue weighted by molar-refractivity contribution is 9.10. The maximum absolute atomic E-state index is 13.1. The van der Waals surface area contributed by atoms with E-state index in [0.717, 1.165) is 4.47 Å². The number of allylic oxidation sites excluding steroid dienone is 1. The van der Waals surface area contributed by atoms with E-state index in [9.17, 15) is 9.18 Å². The van der Waals surface area contributed by atoms with Crippen LogP contribution in [0.3, 0.4) is 0 Å². The van der Waals surface area contributed by atoms with Crippen molar-refractivity contribution < 1.29 is 9.18 Å². The van der Waals surface area contributed by atoms with E-state index in [4.69, 9.17) is 0 Å². The molecule has 0 saturated carbocycles. The molecule has 0 aliphatic heterocycles. The normalized spacial score (nSPS) is 11.3. The SMILES string of the molecule is CS/C(=C/C(=O)c1ccc(Br)cc1)Nc1cccc(F)c1. The molecule has 108 valence electrons.